The maximum Gasteiger partial charge on any atom is 0.471 e. The third-order valence-corrected chi connectivity index (χ3v) is 3.52. The molecule has 1 heterocycles. The Hall–Kier alpha value is -2.20. The van der Waals surface area contributed by atoms with Crippen LogP contribution in [0.5, 0.6) is 0 Å². The van der Waals surface area contributed by atoms with E-state index in [0.717, 1.165) is 0 Å². The summed E-state index contributed by atoms with van der Waals surface area (Å²) in [6.07, 6.45) is -6.64. The molecule has 1 aliphatic heterocycles. The van der Waals surface area contributed by atoms with Crippen LogP contribution in [0, 0.1) is 0 Å². The number of rotatable bonds is 3. The molecule has 1 saturated heterocycles. The van der Waals surface area contributed by atoms with Gasteiger partial charge in [0.05, 0.1) is 12.1 Å². The number of nitrogens with zero attached hydrogens (tertiary/aromatic N) is 1. The second kappa shape index (κ2) is 8.44. The molecule has 11 heteroatoms. The molecular weight excluding hydrogens is 383 g/mol. The topological polar surface area (TPSA) is 97.0 Å². The average molecular weight is 411 g/mol. The maximum atomic E-state index is 12.9. The van der Waals surface area contributed by atoms with E-state index in [1.807, 2.05) is 0 Å². The lowest BCUT2D eigenvalue weighted by Gasteiger charge is -2.26. The first-order valence-corrected chi connectivity index (χ1v) is 8.82. The molecule has 0 unspecified atom stereocenters. The van der Waals surface area contributed by atoms with E-state index in [-0.39, 0.29) is 19.5 Å². The molecule has 0 spiro atoms. The van der Waals surface area contributed by atoms with Crippen LogP contribution in [-0.2, 0) is 14.3 Å². The average Bonchev–Trinajstić information content (AvgIpc) is 2.81. The molecule has 2 N–H and O–H groups in total. The first kappa shape index (κ1) is 23.8. The Morgan fingerprint density at radius 3 is 1.93 bits per heavy atom. The lowest BCUT2D eigenvalue weighted by Crippen LogP contribution is -2.49. The highest BCUT2D eigenvalue weighted by molar-refractivity contribution is 5.82. The minimum absolute atomic E-state index is 0.0247. The summed E-state index contributed by atoms with van der Waals surface area (Å²) in [4.78, 5) is 35.9. The van der Waals surface area contributed by atoms with Gasteiger partial charge in [-0.3, -0.25) is 4.79 Å². The summed E-state index contributed by atoms with van der Waals surface area (Å²) < 4.78 is 48.8. The SMILES string of the molecule is CC(C)(C)OC(=O)NC[C@@H]1C[C@H](NC(=O)OC(C)(C)C)CN1C(=O)C(F)(F)F. The monoisotopic (exact) mass is 411 g/mol. The molecule has 0 radical (unpaired) electrons. The van der Waals surface area contributed by atoms with Crippen LogP contribution in [-0.4, -0.2) is 65.5 Å². The van der Waals surface area contributed by atoms with Crippen molar-refractivity contribution in [2.45, 2.75) is 77.4 Å². The standard InChI is InChI=1S/C17H28F3N3O5/c1-15(2,3)27-13(25)21-8-11-7-10(22-14(26)28-16(4,5)6)9-23(11)12(24)17(18,19)20/h10-11H,7-9H2,1-6H3,(H,21,25)(H,22,26)/t10-,11-/m0/s1. The summed E-state index contributed by atoms with van der Waals surface area (Å²) in [6, 6.07) is -1.70. The van der Waals surface area contributed by atoms with Crippen molar-refractivity contribution in [2.75, 3.05) is 13.1 Å². The van der Waals surface area contributed by atoms with Crippen molar-refractivity contribution >= 4 is 18.1 Å². The minimum atomic E-state index is -5.06. The molecule has 28 heavy (non-hydrogen) atoms. The van der Waals surface area contributed by atoms with Crippen molar-refractivity contribution in [1.29, 1.82) is 0 Å². The molecule has 0 bridgehead atoms. The van der Waals surface area contributed by atoms with E-state index >= 15 is 0 Å². The smallest absolute Gasteiger partial charge is 0.444 e. The fourth-order valence-electron chi connectivity index (χ4n) is 2.62. The summed E-state index contributed by atoms with van der Waals surface area (Å²) in [5.41, 5.74) is -1.55. The van der Waals surface area contributed by atoms with E-state index in [2.05, 4.69) is 10.6 Å². The van der Waals surface area contributed by atoms with Gasteiger partial charge in [0.1, 0.15) is 11.2 Å². The van der Waals surface area contributed by atoms with Gasteiger partial charge in [-0.05, 0) is 48.0 Å². The molecule has 0 saturated carbocycles. The van der Waals surface area contributed by atoms with Crippen molar-refractivity contribution in [3.05, 3.63) is 0 Å². The quantitative estimate of drug-likeness (QED) is 0.744. The predicted octanol–water partition coefficient (Wildman–Crippen LogP) is 2.57. The maximum absolute atomic E-state index is 12.9. The van der Waals surface area contributed by atoms with E-state index in [4.69, 9.17) is 9.47 Å². The number of alkyl carbamates (subject to hydrolysis) is 2. The van der Waals surface area contributed by atoms with Gasteiger partial charge in [0.15, 0.2) is 0 Å². The van der Waals surface area contributed by atoms with Gasteiger partial charge in [-0.25, -0.2) is 9.59 Å². The molecule has 1 aliphatic rings. The summed E-state index contributed by atoms with van der Waals surface area (Å²) in [5, 5.41) is 4.82. The van der Waals surface area contributed by atoms with E-state index in [1.54, 1.807) is 41.5 Å². The zero-order valence-corrected chi connectivity index (χ0v) is 16.9. The van der Waals surface area contributed by atoms with Crippen LogP contribution in [0.2, 0.25) is 0 Å². The molecule has 0 aliphatic carbocycles. The summed E-state index contributed by atoms with van der Waals surface area (Å²) in [7, 11) is 0. The Morgan fingerprint density at radius 1 is 0.964 bits per heavy atom. The van der Waals surface area contributed by atoms with Gasteiger partial charge >= 0.3 is 24.3 Å². The number of hydrogen-bond acceptors (Lipinski definition) is 5. The van der Waals surface area contributed by atoms with E-state index in [0.29, 0.717) is 4.90 Å². The van der Waals surface area contributed by atoms with E-state index in [1.165, 1.54) is 0 Å². The highest BCUT2D eigenvalue weighted by Crippen LogP contribution is 2.26. The molecule has 2 atom stereocenters. The Balaban J connectivity index is 2.78. The number of nitrogens with one attached hydrogen (secondary N) is 2. The molecule has 3 amide bonds. The number of amides is 3. The summed E-state index contributed by atoms with van der Waals surface area (Å²) in [6.45, 7) is 9.27. The van der Waals surface area contributed by atoms with Gasteiger partial charge in [-0.2, -0.15) is 13.2 Å². The van der Waals surface area contributed by atoms with E-state index < -0.39 is 47.6 Å². The van der Waals surface area contributed by atoms with Crippen LogP contribution in [0.4, 0.5) is 22.8 Å². The molecular formula is C17H28F3N3O5. The molecule has 1 fully saturated rings. The van der Waals surface area contributed by atoms with Gasteiger partial charge in [-0.15, -0.1) is 0 Å². The van der Waals surface area contributed by atoms with Crippen molar-refractivity contribution in [1.82, 2.24) is 15.5 Å². The number of hydrogen-bond donors (Lipinski definition) is 2. The Morgan fingerprint density at radius 2 is 1.46 bits per heavy atom. The summed E-state index contributed by atoms with van der Waals surface area (Å²) in [5.74, 6) is -2.03. The lowest BCUT2D eigenvalue weighted by molar-refractivity contribution is -0.186. The predicted molar refractivity (Wildman–Crippen MR) is 93.6 cm³/mol. The number of likely N-dealkylation sites (tertiary alicyclic amines) is 1. The van der Waals surface area contributed by atoms with Gasteiger partial charge in [0, 0.05) is 13.1 Å². The summed E-state index contributed by atoms with van der Waals surface area (Å²) >= 11 is 0. The Kier molecular flexibility index (Phi) is 7.18. The number of ether oxygens (including phenoxy) is 2. The zero-order chi connectivity index (χ0) is 21.9. The molecule has 0 aromatic rings. The fraction of sp³-hybridized carbons (Fsp3) is 0.824. The fourth-order valence-corrected chi connectivity index (χ4v) is 2.62. The van der Waals surface area contributed by atoms with Crippen molar-refractivity contribution in [3.63, 3.8) is 0 Å². The van der Waals surface area contributed by atoms with Crippen molar-refractivity contribution < 1.29 is 37.0 Å². The third kappa shape index (κ3) is 8.22. The van der Waals surface area contributed by atoms with Crippen LogP contribution in [0.3, 0.4) is 0 Å². The normalized spacial score (nSPS) is 20.5. The molecule has 8 nitrogen and oxygen atoms in total. The minimum Gasteiger partial charge on any atom is -0.444 e. The van der Waals surface area contributed by atoms with Crippen molar-refractivity contribution in [2.24, 2.45) is 0 Å². The van der Waals surface area contributed by atoms with Gasteiger partial charge in [0.25, 0.3) is 0 Å². The Bertz CT molecular complexity index is 596. The van der Waals surface area contributed by atoms with Gasteiger partial charge in [-0.1, -0.05) is 0 Å². The largest absolute Gasteiger partial charge is 0.471 e. The first-order valence-electron chi connectivity index (χ1n) is 8.82. The van der Waals surface area contributed by atoms with Crippen molar-refractivity contribution in [3.8, 4) is 0 Å². The van der Waals surface area contributed by atoms with Crippen LogP contribution in [0.25, 0.3) is 0 Å². The van der Waals surface area contributed by atoms with Gasteiger partial charge < -0.3 is 25.0 Å². The van der Waals surface area contributed by atoms with Crippen LogP contribution in [0.1, 0.15) is 48.0 Å². The van der Waals surface area contributed by atoms with Crippen LogP contribution < -0.4 is 10.6 Å². The molecule has 0 aromatic heterocycles. The van der Waals surface area contributed by atoms with Gasteiger partial charge in [0.2, 0.25) is 0 Å². The van der Waals surface area contributed by atoms with E-state index in [9.17, 15) is 27.6 Å². The molecule has 162 valence electrons. The second-order valence-electron chi connectivity index (χ2n) is 8.57. The number of alkyl halides is 3. The molecule has 1 rings (SSSR count). The molecule has 0 aromatic carbocycles. The highest BCUT2D eigenvalue weighted by Gasteiger charge is 2.48. The first-order chi connectivity index (χ1) is 12.5. The lowest BCUT2D eigenvalue weighted by atomic mass is 10.1. The number of carbonyl (C=O) groups excluding carboxylic acids is 3. The number of halogens is 3. The zero-order valence-electron chi connectivity index (χ0n) is 16.9. The third-order valence-electron chi connectivity index (χ3n) is 3.52. The highest BCUT2D eigenvalue weighted by atomic mass is 19.4. The van der Waals surface area contributed by atoms with Crippen LogP contribution >= 0.6 is 0 Å². The van der Waals surface area contributed by atoms with Crippen LogP contribution in [0.15, 0.2) is 0 Å². The second-order valence-corrected chi connectivity index (χ2v) is 8.57. The number of carbonyl (C=O) groups is 3. The Labute approximate surface area is 162 Å².